The van der Waals surface area contributed by atoms with E-state index in [0.717, 1.165) is 25.8 Å². The van der Waals surface area contributed by atoms with Crippen LogP contribution in [0.15, 0.2) is 48.8 Å². The highest BCUT2D eigenvalue weighted by Gasteiger charge is 2.23. The van der Waals surface area contributed by atoms with Crippen LogP contribution in [-0.2, 0) is 4.79 Å². The number of benzene rings is 1. The minimum Gasteiger partial charge on any atom is -0.453 e. The molecule has 1 aromatic carbocycles. The average molecular weight is 354 g/mol. The fourth-order valence-corrected chi connectivity index (χ4v) is 3.22. The molecule has 3 rings (SSSR count). The number of carbonyl (C=O) groups excluding carboxylic acids is 1. The molecule has 0 radical (unpaired) electrons. The van der Waals surface area contributed by atoms with Gasteiger partial charge in [0, 0.05) is 24.9 Å². The number of likely N-dealkylation sites (tertiary alicyclic amines) is 1. The van der Waals surface area contributed by atoms with Crippen molar-refractivity contribution in [2.24, 2.45) is 0 Å². The van der Waals surface area contributed by atoms with E-state index in [2.05, 4.69) is 11.9 Å². The number of rotatable bonds is 5. The van der Waals surface area contributed by atoms with Crippen LogP contribution in [0.5, 0.6) is 11.5 Å². The Kier molecular flexibility index (Phi) is 6.00. The van der Waals surface area contributed by atoms with Crippen molar-refractivity contribution in [3.63, 3.8) is 0 Å². The molecule has 0 N–H and O–H groups in total. The third-order valence-electron chi connectivity index (χ3n) is 4.62. The quantitative estimate of drug-likeness (QED) is 0.723. The van der Waals surface area contributed by atoms with Crippen molar-refractivity contribution in [2.75, 3.05) is 6.54 Å². The Morgan fingerprint density at radius 2 is 2.27 bits per heavy atom. The number of hydrogen-bond donors (Lipinski definition) is 0. The van der Waals surface area contributed by atoms with Gasteiger partial charge in [-0.3, -0.25) is 9.78 Å². The molecule has 4 nitrogen and oxygen atoms in total. The number of nitrogens with zero attached hydrogens (tertiary/aromatic N) is 2. The van der Waals surface area contributed by atoms with Gasteiger partial charge < -0.3 is 9.64 Å². The highest BCUT2D eigenvalue weighted by atomic mass is 19.1. The summed E-state index contributed by atoms with van der Waals surface area (Å²) in [6.07, 6.45) is 10.6. The van der Waals surface area contributed by atoms with E-state index >= 15 is 0 Å². The fourth-order valence-electron chi connectivity index (χ4n) is 3.22. The third kappa shape index (κ3) is 4.48. The van der Waals surface area contributed by atoms with Crippen molar-refractivity contribution in [2.45, 2.75) is 38.6 Å². The zero-order chi connectivity index (χ0) is 18.4. The van der Waals surface area contributed by atoms with E-state index in [1.54, 1.807) is 36.5 Å². The Morgan fingerprint density at radius 3 is 3.00 bits per heavy atom. The van der Waals surface area contributed by atoms with Gasteiger partial charge in [-0.2, -0.15) is 0 Å². The summed E-state index contributed by atoms with van der Waals surface area (Å²) in [5.41, 5.74) is 0.624. The molecule has 0 bridgehead atoms. The van der Waals surface area contributed by atoms with Crippen LogP contribution in [-0.4, -0.2) is 28.4 Å². The Morgan fingerprint density at radius 1 is 1.38 bits per heavy atom. The Bertz CT molecular complexity index is 777. The number of halogens is 1. The van der Waals surface area contributed by atoms with Crippen molar-refractivity contribution in [1.82, 2.24) is 9.88 Å². The highest BCUT2D eigenvalue weighted by molar-refractivity contribution is 5.92. The minimum absolute atomic E-state index is 0.00681. The highest BCUT2D eigenvalue weighted by Crippen LogP contribution is 2.25. The topological polar surface area (TPSA) is 42.4 Å². The summed E-state index contributed by atoms with van der Waals surface area (Å²) in [4.78, 5) is 18.3. The molecule has 1 amide bonds. The van der Waals surface area contributed by atoms with Crippen LogP contribution in [0.4, 0.5) is 4.39 Å². The second-order valence-electron chi connectivity index (χ2n) is 6.40. The van der Waals surface area contributed by atoms with Crippen LogP contribution in [0, 0.1) is 5.82 Å². The van der Waals surface area contributed by atoms with Gasteiger partial charge in [-0.05, 0) is 61.6 Å². The molecule has 0 spiro atoms. The van der Waals surface area contributed by atoms with E-state index in [4.69, 9.17) is 4.74 Å². The van der Waals surface area contributed by atoms with Gasteiger partial charge in [0.05, 0.1) is 6.20 Å². The van der Waals surface area contributed by atoms with Gasteiger partial charge >= 0.3 is 0 Å². The van der Waals surface area contributed by atoms with E-state index in [-0.39, 0.29) is 11.7 Å². The molecule has 0 saturated carbocycles. The number of amides is 1. The first-order valence-corrected chi connectivity index (χ1v) is 9.03. The lowest BCUT2D eigenvalue weighted by molar-refractivity contribution is -0.129. The van der Waals surface area contributed by atoms with Gasteiger partial charge in [0.2, 0.25) is 5.91 Å². The van der Waals surface area contributed by atoms with Crippen molar-refractivity contribution in [3.8, 4) is 11.5 Å². The molecule has 2 heterocycles. The lowest BCUT2D eigenvalue weighted by atomic mass is 10.00. The minimum atomic E-state index is -0.479. The molecule has 1 aliphatic heterocycles. The Hall–Kier alpha value is -2.69. The number of hydrogen-bond acceptors (Lipinski definition) is 3. The summed E-state index contributed by atoms with van der Waals surface area (Å²) < 4.78 is 19.7. The first-order valence-electron chi connectivity index (χ1n) is 9.03. The van der Waals surface area contributed by atoms with Gasteiger partial charge in [0.1, 0.15) is 5.75 Å². The molecule has 1 aliphatic rings. The second-order valence-corrected chi connectivity index (χ2v) is 6.40. The Balaban J connectivity index is 1.67. The number of pyridine rings is 1. The average Bonchev–Trinajstić information content (AvgIpc) is 2.68. The van der Waals surface area contributed by atoms with Gasteiger partial charge in [-0.1, -0.05) is 13.0 Å². The molecule has 1 fully saturated rings. The van der Waals surface area contributed by atoms with Crippen LogP contribution < -0.4 is 4.74 Å². The lowest BCUT2D eigenvalue weighted by Gasteiger charge is -2.34. The van der Waals surface area contributed by atoms with Gasteiger partial charge in [0.25, 0.3) is 0 Å². The number of ether oxygens (including phenoxy) is 1. The third-order valence-corrected chi connectivity index (χ3v) is 4.62. The van der Waals surface area contributed by atoms with E-state index in [0.29, 0.717) is 17.4 Å². The molecule has 5 heteroatoms. The largest absolute Gasteiger partial charge is 0.453 e. The van der Waals surface area contributed by atoms with E-state index in [1.165, 1.54) is 24.8 Å². The molecule has 1 aromatic heterocycles. The maximum absolute atomic E-state index is 14.3. The van der Waals surface area contributed by atoms with Crippen molar-refractivity contribution < 1.29 is 13.9 Å². The molecule has 0 aliphatic carbocycles. The van der Waals surface area contributed by atoms with Gasteiger partial charge in [0.15, 0.2) is 11.6 Å². The normalized spacial score (nSPS) is 17.5. The van der Waals surface area contributed by atoms with Crippen LogP contribution in [0.2, 0.25) is 0 Å². The summed E-state index contributed by atoms with van der Waals surface area (Å²) in [6, 6.07) is 8.40. The number of piperidine rings is 1. The summed E-state index contributed by atoms with van der Waals surface area (Å²) in [5, 5.41) is 0. The predicted molar refractivity (Wildman–Crippen MR) is 99.4 cm³/mol. The smallest absolute Gasteiger partial charge is 0.246 e. The monoisotopic (exact) mass is 354 g/mol. The zero-order valence-corrected chi connectivity index (χ0v) is 14.9. The van der Waals surface area contributed by atoms with Crippen LogP contribution in [0.1, 0.15) is 38.2 Å². The van der Waals surface area contributed by atoms with Crippen molar-refractivity contribution in [1.29, 1.82) is 0 Å². The van der Waals surface area contributed by atoms with Crippen LogP contribution in [0.25, 0.3) is 6.08 Å². The van der Waals surface area contributed by atoms with E-state index in [9.17, 15) is 9.18 Å². The molecule has 136 valence electrons. The second kappa shape index (κ2) is 8.61. The molecule has 1 atom stereocenters. The van der Waals surface area contributed by atoms with Crippen molar-refractivity contribution in [3.05, 3.63) is 60.2 Å². The number of aromatic nitrogens is 1. The summed E-state index contributed by atoms with van der Waals surface area (Å²) in [7, 11) is 0. The first kappa shape index (κ1) is 18.1. The van der Waals surface area contributed by atoms with Crippen LogP contribution >= 0.6 is 0 Å². The van der Waals surface area contributed by atoms with Crippen LogP contribution in [0.3, 0.4) is 0 Å². The van der Waals surface area contributed by atoms with E-state index in [1.807, 2.05) is 4.90 Å². The molecule has 2 aromatic rings. The van der Waals surface area contributed by atoms with Gasteiger partial charge in [-0.15, -0.1) is 0 Å². The lowest BCUT2D eigenvalue weighted by Crippen LogP contribution is -2.42. The molecule has 1 unspecified atom stereocenters. The van der Waals surface area contributed by atoms with E-state index < -0.39 is 5.82 Å². The standard InChI is InChI=1S/C21H23FN2O2/c1-2-17-6-3-4-13-24(17)21(25)11-9-16-8-10-20(19(22)14-16)26-18-7-5-12-23-15-18/h5,7-12,14-15,17H,2-4,6,13H2,1H3/b11-9+. The molecular formula is C21H23FN2O2. The molecule has 26 heavy (non-hydrogen) atoms. The fraction of sp³-hybridized carbons (Fsp3) is 0.333. The summed E-state index contributed by atoms with van der Waals surface area (Å²) in [5.74, 6) is 0.115. The zero-order valence-electron chi connectivity index (χ0n) is 14.9. The number of carbonyl (C=O) groups is 1. The SMILES string of the molecule is CCC1CCCCN1C(=O)/C=C/c1ccc(Oc2cccnc2)c(F)c1. The molecule has 1 saturated heterocycles. The molecular weight excluding hydrogens is 331 g/mol. The van der Waals surface area contributed by atoms with Crippen molar-refractivity contribution >= 4 is 12.0 Å². The Labute approximate surface area is 153 Å². The first-order chi connectivity index (χ1) is 12.7. The maximum atomic E-state index is 14.3. The maximum Gasteiger partial charge on any atom is 0.246 e. The summed E-state index contributed by atoms with van der Waals surface area (Å²) >= 11 is 0. The van der Waals surface area contributed by atoms with Gasteiger partial charge in [-0.25, -0.2) is 4.39 Å². The predicted octanol–water partition coefficient (Wildman–Crippen LogP) is 4.82. The summed E-state index contributed by atoms with van der Waals surface area (Å²) in [6.45, 7) is 2.91.